The second-order valence-electron chi connectivity index (χ2n) is 8.55. The van der Waals surface area contributed by atoms with Crippen molar-refractivity contribution in [3.05, 3.63) is 57.0 Å². The molecule has 182 valence electrons. The summed E-state index contributed by atoms with van der Waals surface area (Å²) in [4.78, 5) is 34.4. The van der Waals surface area contributed by atoms with Gasteiger partial charge in [0.25, 0.3) is 5.56 Å². The first-order valence-electron chi connectivity index (χ1n) is 11.1. The van der Waals surface area contributed by atoms with Gasteiger partial charge in [-0.05, 0) is 44.0 Å². The molecule has 0 bridgehead atoms. The van der Waals surface area contributed by atoms with E-state index in [0.29, 0.717) is 17.7 Å². The van der Waals surface area contributed by atoms with Crippen LogP contribution in [0.5, 0.6) is 0 Å². The fourth-order valence-electron chi connectivity index (χ4n) is 4.43. The predicted octanol–water partition coefficient (Wildman–Crippen LogP) is 2.58. The lowest BCUT2D eigenvalue weighted by Crippen LogP contribution is -2.46. The van der Waals surface area contributed by atoms with Crippen LogP contribution in [-0.2, 0) is 20.6 Å². The van der Waals surface area contributed by atoms with Crippen LogP contribution in [0.1, 0.15) is 24.8 Å². The second kappa shape index (κ2) is 11.7. The number of aromatic nitrogens is 4. The van der Waals surface area contributed by atoms with Crippen molar-refractivity contribution in [3.63, 3.8) is 0 Å². The molecule has 0 spiro atoms. The maximum atomic E-state index is 12.7. The highest BCUT2D eigenvalue weighted by Crippen LogP contribution is 2.18. The summed E-state index contributed by atoms with van der Waals surface area (Å²) in [7, 11) is 3.45. The molecule has 0 saturated carbocycles. The molecule has 0 N–H and O–H groups in total. The van der Waals surface area contributed by atoms with Gasteiger partial charge >= 0.3 is 5.69 Å². The van der Waals surface area contributed by atoms with E-state index in [1.54, 1.807) is 25.0 Å². The molecule has 3 heterocycles. The van der Waals surface area contributed by atoms with Gasteiger partial charge in [-0.3, -0.25) is 18.8 Å². The van der Waals surface area contributed by atoms with Crippen LogP contribution in [0.25, 0.3) is 11.2 Å². The van der Waals surface area contributed by atoms with Crippen LogP contribution in [0.15, 0.2) is 40.2 Å². The quantitative estimate of drug-likeness (QED) is 0.470. The molecular weight excluding hydrogens is 463 g/mol. The molecule has 1 aliphatic heterocycles. The molecule has 8 nitrogen and oxygen atoms in total. The Labute approximate surface area is 206 Å². The van der Waals surface area contributed by atoms with Crippen molar-refractivity contribution < 1.29 is 0 Å². The van der Waals surface area contributed by atoms with Gasteiger partial charge in [0.05, 0.1) is 6.33 Å². The number of rotatable bonds is 7. The Morgan fingerprint density at radius 1 is 0.939 bits per heavy atom. The molecular formula is C23H34Cl2N6O2. The van der Waals surface area contributed by atoms with Gasteiger partial charge in [-0.15, -0.1) is 24.8 Å². The number of benzene rings is 1. The van der Waals surface area contributed by atoms with Gasteiger partial charge in [0.2, 0.25) is 0 Å². The molecule has 1 aromatic carbocycles. The summed E-state index contributed by atoms with van der Waals surface area (Å²) in [5, 5.41) is 0. The summed E-state index contributed by atoms with van der Waals surface area (Å²) in [6.07, 6.45) is 4.47. The number of unbranched alkanes of at least 4 members (excludes halogenated alkanes) is 2. The zero-order valence-electron chi connectivity index (χ0n) is 19.6. The zero-order chi connectivity index (χ0) is 22.0. The number of hydrogen-bond acceptors (Lipinski definition) is 5. The average molecular weight is 497 g/mol. The molecule has 4 rings (SSSR count). The minimum Gasteiger partial charge on any atom is -0.369 e. The zero-order valence-corrected chi connectivity index (χ0v) is 21.2. The van der Waals surface area contributed by atoms with Crippen molar-refractivity contribution in [2.75, 3.05) is 37.6 Å². The highest BCUT2D eigenvalue weighted by molar-refractivity contribution is 5.85. The maximum absolute atomic E-state index is 12.7. The van der Waals surface area contributed by atoms with Crippen LogP contribution in [0.4, 0.5) is 5.69 Å². The van der Waals surface area contributed by atoms with Crippen molar-refractivity contribution >= 4 is 41.7 Å². The molecule has 1 aliphatic rings. The second-order valence-corrected chi connectivity index (χ2v) is 8.55. The Morgan fingerprint density at radius 3 is 2.33 bits per heavy atom. The number of aryl methyl sites for hydroxylation is 3. The Bertz CT molecular complexity index is 1180. The minimum absolute atomic E-state index is 0. The highest BCUT2D eigenvalue weighted by Gasteiger charge is 2.17. The Balaban J connectivity index is 0.00000193. The molecule has 0 aliphatic carbocycles. The lowest BCUT2D eigenvalue weighted by molar-refractivity contribution is 0.251. The van der Waals surface area contributed by atoms with E-state index >= 15 is 0 Å². The lowest BCUT2D eigenvalue weighted by Gasteiger charge is -2.36. The number of piperazine rings is 1. The summed E-state index contributed by atoms with van der Waals surface area (Å²) >= 11 is 0. The molecule has 33 heavy (non-hydrogen) atoms. The largest absolute Gasteiger partial charge is 0.369 e. The van der Waals surface area contributed by atoms with Crippen molar-refractivity contribution in [2.45, 2.75) is 32.7 Å². The SMILES string of the molecule is Cc1cccc(N2CCN(CCCCCn3c(=O)c4c(ncn4C)n(C)c3=O)CC2)c1.Cl.Cl. The van der Waals surface area contributed by atoms with E-state index in [9.17, 15) is 9.59 Å². The smallest absolute Gasteiger partial charge is 0.332 e. The van der Waals surface area contributed by atoms with Crippen LogP contribution in [0.3, 0.4) is 0 Å². The molecule has 2 aromatic heterocycles. The van der Waals surface area contributed by atoms with E-state index in [1.807, 2.05) is 0 Å². The van der Waals surface area contributed by atoms with E-state index < -0.39 is 0 Å². The summed E-state index contributed by atoms with van der Waals surface area (Å²) in [5.74, 6) is 0. The normalized spacial score (nSPS) is 14.2. The van der Waals surface area contributed by atoms with E-state index in [4.69, 9.17) is 0 Å². The van der Waals surface area contributed by atoms with E-state index in [-0.39, 0.29) is 36.1 Å². The van der Waals surface area contributed by atoms with Crippen LogP contribution >= 0.6 is 24.8 Å². The Hall–Kier alpha value is -2.29. The molecule has 0 radical (unpaired) electrons. The fraction of sp³-hybridized carbons (Fsp3) is 0.522. The van der Waals surface area contributed by atoms with Crippen molar-refractivity contribution in [2.24, 2.45) is 14.1 Å². The van der Waals surface area contributed by atoms with Crippen molar-refractivity contribution in [1.82, 2.24) is 23.6 Å². The maximum Gasteiger partial charge on any atom is 0.332 e. The van der Waals surface area contributed by atoms with Crippen LogP contribution in [0, 0.1) is 6.92 Å². The summed E-state index contributed by atoms with van der Waals surface area (Å²) in [6, 6.07) is 8.71. The first kappa shape index (κ1) is 27.0. The number of fused-ring (bicyclic) bond motifs is 1. The topological polar surface area (TPSA) is 68.3 Å². The number of hydrogen-bond donors (Lipinski definition) is 0. The van der Waals surface area contributed by atoms with Gasteiger partial charge in [0, 0.05) is 52.5 Å². The van der Waals surface area contributed by atoms with Gasteiger partial charge in [0.1, 0.15) is 0 Å². The third-order valence-electron chi connectivity index (χ3n) is 6.30. The van der Waals surface area contributed by atoms with E-state index in [2.05, 4.69) is 46.0 Å². The fourth-order valence-corrected chi connectivity index (χ4v) is 4.43. The third kappa shape index (κ3) is 5.80. The van der Waals surface area contributed by atoms with Crippen molar-refractivity contribution in [1.29, 1.82) is 0 Å². The molecule has 1 fully saturated rings. The third-order valence-corrected chi connectivity index (χ3v) is 6.30. The number of nitrogens with zero attached hydrogens (tertiary/aromatic N) is 6. The van der Waals surface area contributed by atoms with Crippen LogP contribution < -0.4 is 16.1 Å². The molecule has 10 heteroatoms. The van der Waals surface area contributed by atoms with E-state index in [1.165, 1.54) is 20.4 Å². The molecule has 1 saturated heterocycles. The first-order valence-corrected chi connectivity index (χ1v) is 11.1. The summed E-state index contributed by atoms with van der Waals surface area (Å²) in [6.45, 7) is 7.91. The standard InChI is InChI=1S/C23H32N6O2.2ClH/c1-18-8-7-9-19(16-18)28-14-12-27(13-15-28)10-5-4-6-11-29-22(30)20-21(24-17-25(20)2)26(3)23(29)31;;/h7-9,16-17H,4-6,10-15H2,1-3H3;2*1H. The van der Waals surface area contributed by atoms with Crippen LogP contribution in [0.2, 0.25) is 0 Å². The lowest BCUT2D eigenvalue weighted by atomic mass is 10.1. The summed E-state index contributed by atoms with van der Waals surface area (Å²) in [5.41, 5.74) is 3.01. The van der Waals surface area contributed by atoms with Crippen LogP contribution in [-0.4, -0.2) is 56.3 Å². The van der Waals surface area contributed by atoms with Crippen molar-refractivity contribution in [3.8, 4) is 0 Å². The van der Waals surface area contributed by atoms with Gasteiger partial charge in [-0.1, -0.05) is 18.6 Å². The van der Waals surface area contributed by atoms with E-state index in [0.717, 1.165) is 52.0 Å². The number of imidazole rings is 1. The van der Waals surface area contributed by atoms with Gasteiger partial charge in [-0.2, -0.15) is 0 Å². The predicted molar refractivity (Wildman–Crippen MR) is 138 cm³/mol. The summed E-state index contributed by atoms with van der Waals surface area (Å²) < 4.78 is 4.50. The van der Waals surface area contributed by atoms with Gasteiger partial charge in [0.15, 0.2) is 11.2 Å². The average Bonchev–Trinajstić information content (AvgIpc) is 3.16. The van der Waals surface area contributed by atoms with Gasteiger partial charge in [-0.25, -0.2) is 9.78 Å². The van der Waals surface area contributed by atoms with Gasteiger partial charge < -0.3 is 9.47 Å². The molecule has 3 aromatic rings. The first-order chi connectivity index (χ1) is 15.0. The highest BCUT2D eigenvalue weighted by atomic mass is 35.5. The molecule has 0 atom stereocenters. The molecule has 0 unspecified atom stereocenters. The number of halogens is 2. The molecule has 0 amide bonds. The number of anilines is 1. The monoisotopic (exact) mass is 496 g/mol. The minimum atomic E-state index is -0.288. The Kier molecular flexibility index (Phi) is 9.57. The Morgan fingerprint density at radius 2 is 1.64 bits per heavy atom.